The lowest BCUT2D eigenvalue weighted by Gasteiger charge is -2.20. The second kappa shape index (κ2) is 3.50. The second-order valence-electron chi connectivity index (χ2n) is 3.37. The second-order valence-corrected chi connectivity index (χ2v) is 3.37. The molecule has 0 spiro atoms. The van der Waals surface area contributed by atoms with Crippen molar-refractivity contribution in [2.45, 2.75) is 25.3 Å². The van der Waals surface area contributed by atoms with Crippen LogP contribution in [0.4, 0.5) is 0 Å². The Morgan fingerprint density at radius 2 is 2.08 bits per heavy atom. The topological polar surface area (TPSA) is 48.8 Å². The van der Waals surface area contributed by atoms with E-state index in [2.05, 4.69) is 28.2 Å². The van der Waals surface area contributed by atoms with Crippen molar-refractivity contribution in [1.29, 1.82) is 0 Å². The Morgan fingerprint density at radius 3 is 2.85 bits per heavy atom. The summed E-state index contributed by atoms with van der Waals surface area (Å²) in [7, 11) is 0. The fraction of sp³-hybridized carbons (Fsp3) is 0.400. The van der Waals surface area contributed by atoms with E-state index in [1.54, 1.807) is 0 Å². The van der Waals surface area contributed by atoms with Crippen molar-refractivity contribution in [2.24, 2.45) is 5.11 Å². The molecule has 1 atom stereocenters. The van der Waals surface area contributed by atoms with Crippen molar-refractivity contribution in [1.82, 2.24) is 0 Å². The summed E-state index contributed by atoms with van der Waals surface area (Å²) >= 11 is 0. The molecule has 0 amide bonds. The van der Waals surface area contributed by atoms with Gasteiger partial charge in [-0.2, -0.15) is 0 Å². The van der Waals surface area contributed by atoms with E-state index in [-0.39, 0.29) is 6.04 Å². The molecule has 13 heavy (non-hydrogen) atoms. The highest BCUT2D eigenvalue weighted by Crippen LogP contribution is 2.22. The smallest absolute Gasteiger partial charge is 0.0417 e. The number of benzene rings is 1. The summed E-state index contributed by atoms with van der Waals surface area (Å²) in [5.74, 6) is 0. The Kier molecular flexibility index (Phi) is 2.19. The molecule has 1 unspecified atom stereocenters. The summed E-state index contributed by atoms with van der Waals surface area (Å²) < 4.78 is 0. The lowest BCUT2D eigenvalue weighted by atomic mass is 9.89. The van der Waals surface area contributed by atoms with E-state index in [9.17, 15) is 0 Å². The average Bonchev–Trinajstić information content (AvgIpc) is 2.18. The molecule has 0 N–H and O–H groups in total. The largest absolute Gasteiger partial charge is 0.0903 e. The third kappa shape index (κ3) is 1.65. The van der Waals surface area contributed by atoms with Crippen molar-refractivity contribution in [3.05, 3.63) is 45.8 Å². The van der Waals surface area contributed by atoms with E-state index in [0.717, 1.165) is 19.3 Å². The van der Waals surface area contributed by atoms with E-state index >= 15 is 0 Å². The zero-order valence-corrected chi connectivity index (χ0v) is 7.35. The minimum absolute atomic E-state index is 0.167. The summed E-state index contributed by atoms with van der Waals surface area (Å²) in [5, 5.41) is 3.76. The number of nitrogens with zero attached hydrogens (tertiary/aromatic N) is 3. The number of fused-ring (bicyclic) bond motifs is 1. The first-order chi connectivity index (χ1) is 6.40. The van der Waals surface area contributed by atoms with Gasteiger partial charge in [0, 0.05) is 11.0 Å². The maximum Gasteiger partial charge on any atom is 0.0417 e. The summed E-state index contributed by atoms with van der Waals surface area (Å²) in [6, 6.07) is 8.54. The number of azide groups is 1. The van der Waals surface area contributed by atoms with Gasteiger partial charge in [0.25, 0.3) is 0 Å². The van der Waals surface area contributed by atoms with Crippen LogP contribution in [0, 0.1) is 0 Å². The fourth-order valence-corrected chi connectivity index (χ4v) is 1.85. The minimum Gasteiger partial charge on any atom is -0.0903 e. The number of hydrogen-bond acceptors (Lipinski definition) is 1. The van der Waals surface area contributed by atoms with Gasteiger partial charge in [0.15, 0.2) is 0 Å². The molecule has 1 aliphatic rings. The number of aryl methyl sites for hydroxylation is 1. The number of rotatable bonds is 1. The first-order valence-electron chi connectivity index (χ1n) is 4.51. The molecule has 1 aromatic rings. The molecule has 0 heterocycles. The maximum atomic E-state index is 8.32. The lowest BCUT2D eigenvalue weighted by Crippen LogP contribution is -2.16. The third-order valence-corrected chi connectivity index (χ3v) is 2.54. The van der Waals surface area contributed by atoms with Gasteiger partial charge in [0.2, 0.25) is 0 Å². The van der Waals surface area contributed by atoms with Crippen molar-refractivity contribution in [3.63, 3.8) is 0 Å². The van der Waals surface area contributed by atoms with Gasteiger partial charge in [0.1, 0.15) is 0 Å². The Hall–Kier alpha value is -1.47. The predicted molar refractivity (Wildman–Crippen MR) is 51.4 cm³/mol. The average molecular weight is 173 g/mol. The quantitative estimate of drug-likeness (QED) is 0.356. The van der Waals surface area contributed by atoms with Crippen LogP contribution >= 0.6 is 0 Å². The normalized spacial score (nSPS) is 20.2. The molecule has 0 aliphatic heterocycles. The summed E-state index contributed by atoms with van der Waals surface area (Å²) in [5.41, 5.74) is 11.1. The highest BCUT2D eigenvalue weighted by atomic mass is 15.1. The van der Waals surface area contributed by atoms with E-state index in [1.165, 1.54) is 11.1 Å². The summed E-state index contributed by atoms with van der Waals surface area (Å²) in [4.78, 5) is 2.86. The minimum atomic E-state index is 0.167. The van der Waals surface area contributed by atoms with Crippen LogP contribution in [-0.4, -0.2) is 6.04 Å². The molecule has 0 bridgehead atoms. The molecule has 0 aromatic heterocycles. The van der Waals surface area contributed by atoms with Gasteiger partial charge in [-0.15, -0.1) is 0 Å². The zero-order valence-electron chi connectivity index (χ0n) is 7.35. The van der Waals surface area contributed by atoms with Crippen LogP contribution in [0.5, 0.6) is 0 Å². The monoisotopic (exact) mass is 173 g/mol. The predicted octanol–water partition coefficient (Wildman–Crippen LogP) is 2.85. The molecule has 0 saturated heterocycles. The Balaban J connectivity index is 2.24. The van der Waals surface area contributed by atoms with Crippen LogP contribution < -0.4 is 0 Å². The lowest BCUT2D eigenvalue weighted by molar-refractivity contribution is 0.574. The molecule has 1 aromatic carbocycles. The molecule has 0 fully saturated rings. The molecule has 0 radical (unpaired) electrons. The van der Waals surface area contributed by atoms with Crippen LogP contribution in [0.1, 0.15) is 17.5 Å². The Morgan fingerprint density at radius 1 is 1.31 bits per heavy atom. The van der Waals surface area contributed by atoms with Crippen LogP contribution in [0.3, 0.4) is 0 Å². The highest BCUT2D eigenvalue weighted by Gasteiger charge is 2.16. The van der Waals surface area contributed by atoms with E-state index in [1.807, 2.05) is 6.07 Å². The molecule has 3 nitrogen and oxygen atoms in total. The van der Waals surface area contributed by atoms with Gasteiger partial charge in [-0.05, 0) is 35.9 Å². The molecular formula is C10H11N3. The van der Waals surface area contributed by atoms with E-state index in [4.69, 9.17) is 5.53 Å². The van der Waals surface area contributed by atoms with Crippen molar-refractivity contribution in [2.75, 3.05) is 0 Å². The first-order valence-corrected chi connectivity index (χ1v) is 4.51. The highest BCUT2D eigenvalue weighted by molar-refractivity contribution is 5.30. The molecule has 66 valence electrons. The zero-order chi connectivity index (χ0) is 9.10. The number of hydrogen-bond donors (Lipinski definition) is 0. The van der Waals surface area contributed by atoms with Gasteiger partial charge in [0.05, 0.1) is 0 Å². The summed E-state index contributed by atoms with van der Waals surface area (Å²) in [6.45, 7) is 0. The third-order valence-electron chi connectivity index (χ3n) is 2.54. The van der Waals surface area contributed by atoms with Gasteiger partial charge in [-0.3, -0.25) is 0 Å². The van der Waals surface area contributed by atoms with Gasteiger partial charge in [-0.1, -0.05) is 29.4 Å². The fourth-order valence-electron chi connectivity index (χ4n) is 1.85. The molecule has 0 saturated carbocycles. The van der Waals surface area contributed by atoms with Crippen LogP contribution in [-0.2, 0) is 12.8 Å². The van der Waals surface area contributed by atoms with E-state index in [0.29, 0.717) is 0 Å². The first kappa shape index (κ1) is 8.14. The van der Waals surface area contributed by atoms with Gasteiger partial charge < -0.3 is 0 Å². The molecule has 1 aliphatic carbocycles. The van der Waals surface area contributed by atoms with Crippen molar-refractivity contribution >= 4 is 0 Å². The Bertz CT molecular complexity index is 353. The van der Waals surface area contributed by atoms with Crippen molar-refractivity contribution < 1.29 is 0 Å². The Labute approximate surface area is 77.0 Å². The molecular weight excluding hydrogens is 162 g/mol. The van der Waals surface area contributed by atoms with Gasteiger partial charge >= 0.3 is 0 Å². The standard InChI is InChI=1S/C10H11N3/c11-13-12-10-6-5-8-3-1-2-4-9(8)7-10/h1-4,10H,5-7H2. The molecule has 3 heteroatoms. The van der Waals surface area contributed by atoms with Crippen LogP contribution in [0.2, 0.25) is 0 Å². The van der Waals surface area contributed by atoms with Gasteiger partial charge in [-0.25, -0.2) is 0 Å². The van der Waals surface area contributed by atoms with Crippen LogP contribution in [0.25, 0.3) is 10.4 Å². The SMILES string of the molecule is [N-]=[N+]=NC1CCc2ccccc2C1. The summed E-state index contributed by atoms with van der Waals surface area (Å²) in [6.07, 6.45) is 2.93. The van der Waals surface area contributed by atoms with Crippen molar-refractivity contribution in [3.8, 4) is 0 Å². The maximum absolute atomic E-state index is 8.32. The van der Waals surface area contributed by atoms with E-state index < -0.39 is 0 Å². The molecule has 2 rings (SSSR count). The van der Waals surface area contributed by atoms with Crippen LogP contribution in [0.15, 0.2) is 29.4 Å².